The van der Waals surface area contributed by atoms with Gasteiger partial charge in [0.2, 0.25) is 5.91 Å². The van der Waals surface area contributed by atoms with Crippen molar-refractivity contribution in [2.24, 2.45) is 0 Å². The van der Waals surface area contributed by atoms with Crippen molar-refractivity contribution in [2.75, 3.05) is 36.8 Å². The fourth-order valence-corrected chi connectivity index (χ4v) is 5.01. The number of aryl methyl sites for hydroxylation is 1. The number of hydrogen-bond acceptors (Lipinski definition) is 5. The molecule has 0 spiro atoms. The summed E-state index contributed by atoms with van der Waals surface area (Å²) in [6, 6.07) is 9.23. The molecule has 1 fully saturated rings. The average Bonchev–Trinajstić information content (AvgIpc) is 3.04. The predicted molar refractivity (Wildman–Crippen MR) is 108 cm³/mol. The van der Waals surface area contributed by atoms with E-state index in [1.165, 1.54) is 6.07 Å². The highest BCUT2D eigenvalue weighted by molar-refractivity contribution is 7.99. The summed E-state index contributed by atoms with van der Waals surface area (Å²) in [6.45, 7) is 4.74. The summed E-state index contributed by atoms with van der Waals surface area (Å²) in [7, 11) is 0. The summed E-state index contributed by atoms with van der Waals surface area (Å²) < 4.78 is 1.68. The lowest BCUT2D eigenvalue weighted by atomic mass is 10.2. The number of amides is 1. The molecule has 8 heteroatoms. The van der Waals surface area contributed by atoms with Gasteiger partial charge in [0.15, 0.2) is 5.16 Å². The molecule has 0 N–H and O–H groups in total. The maximum atomic E-state index is 12.8. The Labute approximate surface area is 167 Å². The average molecular weight is 405 g/mol. The second-order valence-electron chi connectivity index (χ2n) is 6.90. The van der Waals surface area contributed by atoms with Crippen molar-refractivity contribution >= 4 is 35.0 Å². The number of benzene rings is 1. The smallest absolute Gasteiger partial charge is 0.254 e. The van der Waals surface area contributed by atoms with Crippen LogP contribution in [-0.2, 0) is 4.79 Å². The van der Waals surface area contributed by atoms with Gasteiger partial charge in [-0.3, -0.25) is 14.2 Å². The molecule has 2 aliphatic rings. The van der Waals surface area contributed by atoms with Crippen molar-refractivity contribution < 1.29 is 4.79 Å². The van der Waals surface area contributed by atoms with E-state index in [9.17, 15) is 9.59 Å². The van der Waals surface area contributed by atoms with Crippen LogP contribution < -0.4 is 10.5 Å². The summed E-state index contributed by atoms with van der Waals surface area (Å²) in [6.07, 6.45) is 0.349. The number of piperazine rings is 1. The first-order valence-corrected chi connectivity index (χ1v) is 10.4. The van der Waals surface area contributed by atoms with E-state index >= 15 is 0 Å². The minimum absolute atomic E-state index is 0.0638. The molecular formula is C19H21ClN4O2S. The van der Waals surface area contributed by atoms with Gasteiger partial charge in [0.05, 0.1) is 6.04 Å². The molecule has 3 heterocycles. The molecule has 0 radical (unpaired) electrons. The van der Waals surface area contributed by atoms with Crippen molar-refractivity contribution in [2.45, 2.75) is 24.5 Å². The van der Waals surface area contributed by atoms with Gasteiger partial charge in [0.1, 0.15) is 0 Å². The molecule has 1 amide bonds. The van der Waals surface area contributed by atoms with Crippen LogP contribution in [0.2, 0.25) is 5.02 Å². The number of nitrogens with zero attached hydrogens (tertiary/aromatic N) is 4. The fourth-order valence-electron chi connectivity index (χ4n) is 3.63. The second-order valence-corrected chi connectivity index (χ2v) is 8.33. The van der Waals surface area contributed by atoms with Crippen LogP contribution in [0.25, 0.3) is 0 Å². The summed E-state index contributed by atoms with van der Waals surface area (Å²) in [5, 5.41) is 1.45. The van der Waals surface area contributed by atoms with Crippen molar-refractivity contribution in [3.8, 4) is 0 Å². The van der Waals surface area contributed by atoms with E-state index in [4.69, 9.17) is 11.6 Å². The second kappa shape index (κ2) is 7.56. The quantitative estimate of drug-likeness (QED) is 0.736. The Hall–Kier alpha value is -1.99. The van der Waals surface area contributed by atoms with Gasteiger partial charge < -0.3 is 9.80 Å². The summed E-state index contributed by atoms with van der Waals surface area (Å²) in [4.78, 5) is 33.6. The zero-order chi connectivity index (χ0) is 19.0. The monoisotopic (exact) mass is 404 g/mol. The zero-order valence-electron chi connectivity index (χ0n) is 15.1. The van der Waals surface area contributed by atoms with E-state index in [0.29, 0.717) is 19.5 Å². The molecule has 1 unspecified atom stereocenters. The van der Waals surface area contributed by atoms with Crippen LogP contribution >= 0.6 is 23.4 Å². The normalized spacial score (nSPS) is 19.3. The molecule has 1 atom stereocenters. The van der Waals surface area contributed by atoms with Gasteiger partial charge in [-0.2, -0.15) is 0 Å². The molecule has 6 nitrogen and oxygen atoms in total. The Morgan fingerprint density at radius 3 is 2.78 bits per heavy atom. The molecular weight excluding hydrogens is 384 g/mol. The van der Waals surface area contributed by atoms with Crippen molar-refractivity contribution in [3.05, 3.63) is 51.4 Å². The number of halogens is 1. The first kappa shape index (κ1) is 18.4. The standard InChI is InChI=1S/C19H21ClN4O2S/c1-13-9-18(26)24-16(12-27-19(24)21-13)11-17(25)23-7-5-22(6-8-23)15-4-2-3-14(20)10-15/h2-4,9-10,16H,5-8,11-12H2,1H3. The maximum absolute atomic E-state index is 12.8. The highest BCUT2D eigenvalue weighted by atomic mass is 35.5. The minimum Gasteiger partial charge on any atom is -0.368 e. The Kier molecular flexibility index (Phi) is 5.14. The van der Waals surface area contributed by atoms with Crippen LogP contribution in [0, 0.1) is 6.92 Å². The first-order valence-electron chi connectivity index (χ1n) is 9.02. The largest absolute Gasteiger partial charge is 0.368 e. The molecule has 1 aromatic heterocycles. The van der Waals surface area contributed by atoms with Gasteiger partial charge in [0.25, 0.3) is 5.56 Å². The lowest BCUT2D eigenvalue weighted by Crippen LogP contribution is -2.49. The highest BCUT2D eigenvalue weighted by Gasteiger charge is 2.30. The minimum atomic E-state index is -0.107. The molecule has 0 aliphatic carbocycles. The Morgan fingerprint density at radius 1 is 1.26 bits per heavy atom. The van der Waals surface area contributed by atoms with E-state index in [1.54, 1.807) is 16.3 Å². The van der Waals surface area contributed by atoms with Crippen LogP contribution in [0.5, 0.6) is 0 Å². The van der Waals surface area contributed by atoms with Crippen LogP contribution in [0.3, 0.4) is 0 Å². The number of aromatic nitrogens is 2. The number of rotatable bonds is 3. The van der Waals surface area contributed by atoms with Crippen LogP contribution in [-0.4, -0.2) is 52.3 Å². The third kappa shape index (κ3) is 3.84. The van der Waals surface area contributed by atoms with Gasteiger partial charge in [0, 0.05) is 60.8 Å². The Balaban J connectivity index is 1.38. The molecule has 4 rings (SSSR count). The molecule has 2 aromatic rings. The van der Waals surface area contributed by atoms with Gasteiger partial charge in [-0.25, -0.2) is 4.98 Å². The highest BCUT2D eigenvalue weighted by Crippen LogP contribution is 2.32. The molecule has 27 heavy (non-hydrogen) atoms. The topological polar surface area (TPSA) is 58.4 Å². The number of fused-ring (bicyclic) bond motifs is 1. The van der Waals surface area contributed by atoms with Gasteiger partial charge >= 0.3 is 0 Å². The van der Waals surface area contributed by atoms with Crippen molar-refractivity contribution in [3.63, 3.8) is 0 Å². The van der Waals surface area contributed by atoms with Gasteiger partial charge in [-0.1, -0.05) is 29.4 Å². The molecule has 0 bridgehead atoms. The van der Waals surface area contributed by atoms with Crippen molar-refractivity contribution in [1.29, 1.82) is 0 Å². The van der Waals surface area contributed by atoms with Crippen LogP contribution in [0.1, 0.15) is 18.2 Å². The van der Waals surface area contributed by atoms with E-state index in [-0.39, 0.29) is 17.5 Å². The van der Waals surface area contributed by atoms with Crippen molar-refractivity contribution in [1.82, 2.24) is 14.5 Å². The molecule has 1 aromatic carbocycles. The van der Waals surface area contributed by atoms with Crippen LogP contribution in [0.4, 0.5) is 5.69 Å². The van der Waals surface area contributed by atoms with E-state index in [2.05, 4.69) is 9.88 Å². The van der Waals surface area contributed by atoms with E-state index < -0.39 is 0 Å². The number of thioether (sulfide) groups is 1. The fraction of sp³-hybridized carbons (Fsp3) is 0.421. The molecule has 0 saturated carbocycles. The van der Waals surface area contributed by atoms with E-state index in [0.717, 1.165) is 40.4 Å². The lowest BCUT2D eigenvalue weighted by molar-refractivity contribution is -0.132. The van der Waals surface area contributed by atoms with Gasteiger partial charge in [-0.15, -0.1) is 0 Å². The number of hydrogen-bond donors (Lipinski definition) is 0. The lowest BCUT2D eigenvalue weighted by Gasteiger charge is -2.36. The number of carbonyl (C=O) groups excluding carboxylic acids is 1. The summed E-state index contributed by atoms with van der Waals surface area (Å²) >= 11 is 7.63. The zero-order valence-corrected chi connectivity index (χ0v) is 16.7. The summed E-state index contributed by atoms with van der Waals surface area (Å²) in [5.74, 6) is 0.826. The first-order chi connectivity index (χ1) is 13.0. The molecule has 1 saturated heterocycles. The third-order valence-corrected chi connectivity index (χ3v) is 6.37. The molecule has 142 valence electrons. The Morgan fingerprint density at radius 2 is 2.04 bits per heavy atom. The van der Waals surface area contributed by atoms with Gasteiger partial charge in [-0.05, 0) is 25.1 Å². The molecule has 2 aliphatic heterocycles. The summed E-state index contributed by atoms with van der Waals surface area (Å²) in [5.41, 5.74) is 1.75. The third-order valence-electron chi connectivity index (χ3n) is 5.03. The van der Waals surface area contributed by atoms with E-state index in [1.807, 2.05) is 36.1 Å². The van der Waals surface area contributed by atoms with Crippen LogP contribution in [0.15, 0.2) is 40.3 Å². The SMILES string of the molecule is Cc1cc(=O)n2c(n1)SCC2CC(=O)N1CCN(c2cccc(Cl)c2)CC1. The number of carbonyl (C=O) groups is 1. The predicted octanol–water partition coefficient (Wildman–Crippen LogP) is 2.59. The number of anilines is 1. The Bertz CT molecular complexity index is 924. The maximum Gasteiger partial charge on any atom is 0.254 e.